The zero-order valence-corrected chi connectivity index (χ0v) is 14.7. The van der Waals surface area contributed by atoms with Crippen molar-refractivity contribution in [2.24, 2.45) is 11.7 Å². The van der Waals surface area contributed by atoms with Gasteiger partial charge in [0, 0.05) is 24.4 Å². The van der Waals surface area contributed by atoms with Gasteiger partial charge in [0.05, 0.1) is 21.3 Å². The molecule has 3 rings (SSSR count). The second-order valence-electron chi connectivity index (χ2n) is 5.48. The van der Waals surface area contributed by atoms with Gasteiger partial charge in [-0.05, 0) is 25.0 Å². The third kappa shape index (κ3) is 3.91. The lowest BCUT2D eigenvalue weighted by Crippen LogP contribution is -2.42. The van der Waals surface area contributed by atoms with Gasteiger partial charge in [-0.25, -0.2) is 4.98 Å². The van der Waals surface area contributed by atoms with E-state index < -0.39 is 0 Å². The van der Waals surface area contributed by atoms with E-state index >= 15 is 0 Å². The SMILES string of the molecule is NC(=O)C1CCN(C(=O)Cc2csc(-c3ccc(Cl)s3)n2)CC1. The first-order valence-electron chi connectivity index (χ1n) is 7.30. The van der Waals surface area contributed by atoms with Crippen molar-refractivity contribution in [1.82, 2.24) is 9.88 Å². The first-order chi connectivity index (χ1) is 11.0. The van der Waals surface area contributed by atoms with E-state index in [1.54, 1.807) is 4.90 Å². The average Bonchev–Trinajstić information content (AvgIpc) is 3.16. The highest BCUT2D eigenvalue weighted by molar-refractivity contribution is 7.23. The minimum atomic E-state index is -0.268. The van der Waals surface area contributed by atoms with Gasteiger partial charge < -0.3 is 10.6 Å². The molecule has 1 saturated heterocycles. The molecule has 2 aromatic rings. The highest BCUT2D eigenvalue weighted by atomic mass is 35.5. The van der Waals surface area contributed by atoms with Gasteiger partial charge in [0.2, 0.25) is 11.8 Å². The maximum Gasteiger partial charge on any atom is 0.228 e. The molecule has 0 saturated carbocycles. The Labute approximate surface area is 147 Å². The third-order valence-corrected chi connectivity index (χ3v) is 6.21. The molecule has 23 heavy (non-hydrogen) atoms. The number of thiazole rings is 1. The fraction of sp³-hybridized carbons (Fsp3) is 0.400. The molecule has 0 aromatic carbocycles. The predicted molar refractivity (Wildman–Crippen MR) is 92.6 cm³/mol. The van der Waals surface area contributed by atoms with Crippen LogP contribution in [0, 0.1) is 5.92 Å². The molecule has 0 unspecified atom stereocenters. The van der Waals surface area contributed by atoms with Crippen LogP contribution >= 0.6 is 34.3 Å². The molecule has 2 amide bonds. The molecule has 8 heteroatoms. The summed E-state index contributed by atoms with van der Waals surface area (Å²) in [5, 5.41) is 2.80. The summed E-state index contributed by atoms with van der Waals surface area (Å²) in [6, 6.07) is 3.78. The molecule has 1 aliphatic rings. The van der Waals surface area contributed by atoms with Gasteiger partial charge in [-0.3, -0.25) is 9.59 Å². The monoisotopic (exact) mass is 369 g/mol. The molecule has 0 atom stereocenters. The summed E-state index contributed by atoms with van der Waals surface area (Å²) in [5.41, 5.74) is 6.09. The van der Waals surface area contributed by atoms with Crippen LogP contribution in [0.2, 0.25) is 4.34 Å². The molecule has 0 aliphatic carbocycles. The average molecular weight is 370 g/mol. The number of halogens is 1. The summed E-state index contributed by atoms with van der Waals surface area (Å²) in [4.78, 5) is 30.8. The number of carbonyl (C=O) groups excluding carboxylic acids is 2. The fourth-order valence-electron chi connectivity index (χ4n) is 2.61. The van der Waals surface area contributed by atoms with E-state index in [9.17, 15) is 9.59 Å². The van der Waals surface area contributed by atoms with Crippen LogP contribution in [0.1, 0.15) is 18.5 Å². The molecular weight excluding hydrogens is 354 g/mol. The maximum atomic E-state index is 12.3. The van der Waals surface area contributed by atoms with Crippen LogP contribution in [0.4, 0.5) is 0 Å². The summed E-state index contributed by atoms with van der Waals surface area (Å²) in [5.74, 6) is -0.321. The van der Waals surface area contributed by atoms with Crippen LogP contribution in [0.15, 0.2) is 17.5 Å². The number of piperidine rings is 1. The third-order valence-electron chi connectivity index (χ3n) is 3.92. The number of aromatic nitrogens is 1. The Morgan fingerprint density at radius 1 is 1.35 bits per heavy atom. The molecule has 0 radical (unpaired) electrons. The van der Waals surface area contributed by atoms with Crippen LogP contribution in [0.3, 0.4) is 0 Å². The number of thiophene rings is 1. The van der Waals surface area contributed by atoms with Gasteiger partial charge in [0.25, 0.3) is 0 Å². The highest BCUT2D eigenvalue weighted by Gasteiger charge is 2.26. The summed E-state index contributed by atoms with van der Waals surface area (Å²) in [7, 11) is 0. The lowest BCUT2D eigenvalue weighted by Gasteiger charge is -2.30. The number of nitrogens with two attached hydrogens (primary N) is 1. The standard InChI is InChI=1S/C15H16ClN3O2S2/c16-12-2-1-11(23-12)15-18-10(8-22-15)7-13(20)19-5-3-9(4-6-19)14(17)21/h1-2,8-9H,3-7H2,(H2,17,21). The first kappa shape index (κ1) is 16.4. The second-order valence-corrected chi connectivity index (χ2v) is 8.06. The Morgan fingerprint density at radius 2 is 2.09 bits per heavy atom. The van der Waals surface area contributed by atoms with Crippen LogP contribution < -0.4 is 5.73 Å². The van der Waals surface area contributed by atoms with Crippen LogP contribution in [0.5, 0.6) is 0 Å². The Balaban J connectivity index is 1.58. The van der Waals surface area contributed by atoms with Gasteiger partial charge in [-0.1, -0.05) is 11.6 Å². The van der Waals surface area contributed by atoms with Crippen LogP contribution in [0.25, 0.3) is 9.88 Å². The maximum absolute atomic E-state index is 12.3. The van der Waals surface area contributed by atoms with Gasteiger partial charge in [0.15, 0.2) is 0 Å². The van der Waals surface area contributed by atoms with Crippen molar-refractivity contribution in [2.75, 3.05) is 13.1 Å². The van der Waals surface area contributed by atoms with E-state index in [1.165, 1.54) is 22.7 Å². The minimum Gasteiger partial charge on any atom is -0.369 e. The van der Waals surface area contributed by atoms with E-state index in [0.29, 0.717) is 25.9 Å². The van der Waals surface area contributed by atoms with E-state index in [-0.39, 0.29) is 24.2 Å². The number of carbonyl (C=O) groups is 2. The minimum absolute atomic E-state index is 0.0500. The number of hydrogen-bond donors (Lipinski definition) is 1. The molecule has 1 aliphatic heterocycles. The van der Waals surface area contributed by atoms with E-state index in [2.05, 4.69) is 4.98 Å². The molecular formula is C15H16ClN3O2S2. The molecule has 0 bridgehead atoms. The molecule has 5 nitrogen and oxygen atoms in total. The van der Waals surface area contributed by atoms with Gasteiger partial charge in [0.1, 0.15) is 5.01 Å². The van der Waals surface area contributed by atoms with Crippen molar-refractivity contribution in [3.8, 4) is 9.88 Å². The Morgan fingerprint density at radius 3 is 2.70 bits per heavy atom. The zero-order chi connectivity index (χ0) is 16.4. The highest BCUT2D eigenvalue weighted by Crippen LogP contribution is 2.33. The van der Waals surface area contributed by atoms with Gasteiger partial charge in [-0.15, -0.1) is 22.7 Å². The molecule has 122 valence electrons. The normalized spacial score (nSPS) is 15.8. The number of primary amides is 1. The molecule has 2 aromatic heterocycles. The Kier molecular flexibility index (Phi) is 4.99. The van der Waals surface area contributed by atoms with Crippen molar-refractivity contribution in [1.29, 1.82) is 0 Å². The number of nitrogens with zero attached hydrogens (tertiary/aromatic N) is 2. The van der Waals surface area contributed by atoms with Crippen molar-refractivity contribution >= 4 is 46.1 Å². The quantitative estimate of drug-likeness (QED) is 0.900. The van der Waals surface area contributed by atoms with Crippen molar-refractivity contribution in [3.05, 3.63) is 27.5 Å². The van der Waals surface area contributed by atoms with E-state index in [1.807, 2.05) is 17.5 Å². The Bertz CT molecular complexity index is 720. The van der Waals surface area contributed by atoms with Crippen molar-refractivity contribution in [2.45, 2.75) is 19.3 Å². The smallest absolute Gasteiger partial charge is 0.228 e. The summed E-state index contributed by atoms with van der Waals surface area (Å²) in [6.07, 6.45) is 1.59. The van der Waals surface area contributed by atoms with Gasteiger partial charge >= 0.3 is 0 Å². The summed E-state index contributed by atoms with van der Waals surface area (Å²) in [6.45, 7) is 1.17. The number of amides is 2. The van der Waals surface area contributed by atoms with E-state index in [0.717, 1.165) is 19.9 Å². The zero-order valence-electron chi connectivity index (χ0n) is 12.3. The fourth-order valence-corrected chi connectivity index (χ4v) is 4.55. The first-order valence-corrected chi connectivity index (χ1v) is 9.37. The number of likely N-dealkylation sites (tertiary alicyclic amines) is 1. The summed E-state index contributed by atoms with van der Waals surface area (Å²) >= 11 is 8.93. The topological polar surface area (TPSA) is 76.3 Å². The van der Waals surface area contributed by atoms with Crippen LogP contribution in [-0.2, 0) is 16.0 Å². The van der Waals surface area contributed by atoms with Crippen molar-refractivity contribution in [3.63, 3.8) is 0 Å². The summed E-state index contributed by atoms with van der Waals surface area (Å²) < 4.78 is 0.727. The molecule has 2 N–H and O–H groups in total. The number of hydrogen-bond acceptors (Lipinski definition) is 5. The lowest BCUT2D eigenvalue weighted by molar-refractivity contribution is -0.134. The molecule has 0 spiro atoms. The van der Waals surface area contributed by atoms with E-state index in [4.69, 9.17) is 17.3 Å². The van der Waals surface area contributed by atoms with Crippen LogP contribution in [-0.4, -0.2) is 34.8 Å². The second kappa shape index (κ2) is 6.98. The molecule has 3 heterocycles. The number of rotatable bonds is 4. The predicted octanol–water partition coefficient (Wildman–Crippen LogP) is 2.79. The Hall–Kier alpha value is -1.44. The largest absolute Gasteiger partial charge is 0.369 e. The van der Waals surface area contributed by atoms with Gasteiger partial charge in [-0.2, -0.15) is 0 Å². The molecule has 1 fully saturated rings. The van der Waals surface area contributed by atoms with Crippen molar-refractivity contribution < 1.29 is 9.59 Å². The lowest BCUT2D eigenvalue weighted by atomic mass is 9.96.